The summed E-state index contributed by atoms with van der Waals surface area (Å²) in [7, 11) is 1.81. The number of hydrogen-bond donors (Lipinski definition) is 0. The lowest BCUT2D eigenvalue weighted by molar-refractivity contribution is -0.137. The lowest BCUT2D eigenvalue weighted by atomic mass is 9.99. The molecule has 4 heterocycles. The van der Waals surface area contributed by atoms with Gasteiger partial charge < -0.3 is 19.1 Å². The molecule has 2 aliphatic heterocycles. The van der Waals surface area contributed by atoms with E-state index in [4.69, 9.17) is 9.26 Å². The van der Waals surface area contributed by atoms with E-state index in [1.54, 1.807) is 26.7 Å². The summed E-state index contributed by atoms with van der Waals surface area (Å²) in [4.78, 5) is 32.9. The van der Waals surface area contributed by atoms with Crippen LogP contribution in [0, 0.1) is 5.92 Å². The molecule has 2 fully saturated rings. The molecule has 2 amide bonds. The number of aromatic nitrogens is 4. The molecular weight excluding hydrogens is 388 g/mol. The number of rotatable bonds is 7. The highest BCUT2D eigenvalue weighted by Gasteiger charge is 2.36. The van der Waals surface area contributed by atoms with Crippen molar-refractivity contribution in [1.29, 1.82) is 0 Å². The third kappa shape index (κ3) is 4.38. The van der Waals surface area contributed by atoms with Crippen LogP contribution in [0.25, 0.3) is 0 Å². The smallest absolute Gasteiger partial charge is 0.274 e. The van der Waals surface area contributed by atoms with Crippen LogP contribution in [0.3, 0.4) is 0 Å². The van der Waals surface area contributed by atoms with E-state index in [1.807, 2.05) is 14.0 Å². The first kappa shape index (κ1) is 20.5. The van der Waals surface area contributed by atoms with Crippen molar-refractivity contribution in [2.45, 2.75) is 38.6 Å². The summed E-state index contributed by atoms with van der Waals surface area (Å²) in [6.07, 6.45) is 3.91. The van der Waals surface area contributed by atoms with Crippen molar-refractivity contribution in [3.63, 3.8) is 0 Å². The molecular formula is C20H28N6O4. The Hall–Kier alpha value is -2.75. The van der Waals surface area contributed by atoms with Crippen molar-refractivity contribution in [2.75, 3.05) is 39.9 Å². The molecule has 162 valence electrons. The first-order valence-corrected chi connectivity index (χ1v) is 10.5. The van der Waals surface area contributed by atoms with Crippen molar-refractivity contribution in [2.24, 2.45) is 5.92 Å². The largest absolute Gasteiger partial charge is 0.381 e. The van der Waals surface area contributed by atoms with Gasteiger partial charge in [-0.1, -0.05) is 5.16 Å². The zero-order valence-electron chi connectivity index (χ0n) is 17.5. The minimum absolute atomic E-state index is 0.0464. The molecule has 0 aromatic carbocycles. The Labute approximate surface area is 175 Å². The van der Waals surface area contributed by atoms with E-state index in [2.05, 4.69) is 15.2 Å². The first-order valence-electron chi connectivity index (χ1n) is 10.5. The van der Waals surface area contributed by atoms with Gasteiger partial charge in [-0.2, -0.15) is 10.1 Å². The van der Waals surface area contributed by atoms with Crippen LogP contribution < -0.4 is 0 Å². The van der Waals surface area contributed by atoms with Gasteiger partial charge in [-0.3, -0.25) is 14.3 Å². The third-order valence-electron chi connectivity index (χ3n) is 5.80. The van der Waals surface area contributed by atoms with Gasteiger partial charge in [0.15, 0.2) is 5.82 Å². The number of likely N-dealkylation sites (tertiary alicyclic amines) is 1. The number of likely N-dealkylation sites (N-methyl/N-ethyl adjacent to an activating group) is 1. The molecule has 2 aromatic rings. The van der Waals surface area contributed by atoms with Crippen LogP contribution in [0.2, 0.25) is 0 Å². The van der Waals surface area contributed by atoms with E-state index in [0.29, 0.717) is 56.7 Å². The molecule has 0 spiro atoms. The first-order chi connectivity index (χ1) is 14.5. The van der Waals surface area contributed by atoms with Gasteiger partial charge in [0.1, 0.15) is 5.69 Å². The summed E-state index contributed by atoms with van der Waals surface area (Å²) >= 11 is 0. The molecule has 30 heavy (non-hydrogen) atoms. The zero-order valence-corrected chi connectivity index (χ0v) is 17.5. The van der Waals surface area contributed by atoms with E-state index < -0.39 is 0 Å². The summed E-state index contributed by atoms with van der Waals surface area (Å²) in [6.45, 7) is 5.65. The Balaban J connectivity index is 1.24. The van der Waals surface area contributed by atoms with Crippen LogP contribution in [0.1, 0.15) is 47.9 Å². The number of nitrogens with zero attached hydrogens (tertiary/aromatic N) is 6. The average molecular weight is 416 g/mol. The number of aryl methyl sites for hydroxylation is 1. The van der Waals surface area contributed by atoms with E-state index in [-0.39, 0.29) is 23.7 Å². The molecule has 0 N–H and O–H groups in total. The summed E-state index contributed by atoms with van der Waals surface area (Å²) < 4.78 is 12.5. The maximum absolute atomic E-state index is 12.5. The van der Waals surface area contributed by atoms with Gasteiger partial charge in [0.05, 0.1) is 5.92 Å². The fourth-order valence-corrected chi connectivity index (χ4v) is 3.78. The van der Waals surface area contributed by atoms with Crippen molar-refractivity contribution in [1.82, 2.24) is 29.7 Å². The third-order valence-corrected chi connectivity index (χ3v) is 5.80. The van der Waals surface area contributed by atoms with Gasteiger partial charge in [-0.15, -0.1) is 0 Å². The topological polar surface area (TPSA) is 107 Å². The Morgan fingerprint density at radius 3 is 2.73 bits per heavy atom. The fraction of sp³-hybridized carbons (Fsp3) is 0.650. The molecule has 10 heteroatoms. The summed E-state index contributed by atoms with van der Waals surface area (Å²) in [5.74, 6) is 1.30. The molecule has 0 bridgehead atoms. The highest BCUT2D eigenvalue weighted by molar-refractivity contribution is 5.92. The van der Waals surface area contributed by atoms with Crippen LogP contribution in [-0.4, -0.2) is 81.4 Å². The monoisotopic (exact) mass is 416 g/mol. The number of amides is 2. The summed E-state index contributed by atoms with van der Waals surface area (Å²) in [6, 6.07) is 1.74. The SMILES string of the molecule is CCn1ccc(C(=O)N2CC(c3nc(CCN(C)C(=O)C4CCOCC4)no3)C2)n1. The fourth-order valence-electron chi connectivity index (χ4n) is 3.78. The Morgan fingerprint density at radius 2 is 2.03 bits per heavy atom. The van der Waals surface area contributed by atoms with Crippen molar-refractivity contribution < 1.29 is 18.8 Å². The van der Waals surface area contributed by atoms with Gasteiger partial charge in [0, 0.05) is 65.0 Å². The Morgan fingerprint density at radius 1 is 1.27 bits per heavy atom. The maximum atomic E-state index is 12.5. The second-order valence-electron chi connectivity index (χ2n) is 7.91. The molecule has 0 radical (unpaired) electrons. The molecule has 10 nitrogen and oxygen atoms in total. The van der Waals surface area contributed by atoms with Crippen molar-refractivity contribution in [3.05, 3.63) is 29.7 Å². The number of carbonyl (C=O) groups excluding carboxylic acids is 2. The molecule has 0 saturated carbocycles. The van der Waals surface area contributed by atoms with E-state index in [1.165, 1.54) is 0 Å². The molecule has 2 saturated heterocycles. The second kappa shape index (κ2) is 8.95. The lowest BCUT2D eigenvalue weighted by Gasteiger charge is -2.36. The van der Waals surface area contributed by atoms with Gasteiger partial charge in [-0.05, 0) is 25.8 Å². The Bertz CT molecular complexity index is 881. The molecule has 4 rings (SSSR count). The minimum Gasteiger partial charge on any atom is -0.381 e. The quantitative estimate of drug-likeness (QED) is 0.661. The summed E-state index contributed by atoms with van der Waals surface area (Å²) in [5, 5.41) is 8.30. The van der Waals surface area contributed by atoms with Crippen molar-refractivity contribution >= 4 is 11.8 Å². The van der Waals surface area contributed by atoms with Gasteiger partial charge in [0.2, 0.25) is 11.8 Å². The molecule has 0 atom stereocenters. The Kier molecular flexibility index (Phi) is 6.12. The molecule has 2 aliphatic rings. The van der Waals surface area contributed by atoms with Gasteiger partial charge in [0.25, 0.3) is 5.91 Å². The van der Waals surface area contributed by atoms with E-state index in [9.17, 15) is 9.59 Å². The highest BCUT2D eigenvalue weighted by atomic mass is 16.5. The van der Waals surface area contributed by atoms with Crippen LogP contribution in [-0.2, 0) is 22.5 Å². The number of hydrogen-bond acceptors (Lipinski definition) is 7. The van der Waals surface area contributed by atoms with E-state index >= 15 is 0 Å². The second-order valence-corrected chi connectivity index (χ2v) is 7.91. The number of ether oxygens (including phenoxy) is 1. The predicted molar refractivity (Wildman–Crippen MR) is 106 cm³/mol. The molecule has 0 unspecified atom stereocenters. The normalized spacial score (nSPS) is 17.7. The van der Waals surface area contributed by atoms with Crippen LogP contribution in [0.15, 0.2) is 16.8 Å². The minimum atomic E-state index is -0.0774. The summed E-state index contributed by atoms with van der Waals surface area (Å²) in [5.41, 5.74) is 0.457. The highest BCUT2D eigenvalue weighted by Crippen LogP contribution is 2.27. The maximum Gasteiger partial charge on any atom is 0.274 e. The molecule has 2 aromatic heterocycles. The van der Waals surface area contributed by atoms with Crippen LogP contribution >= 0.6 is 0 Å². The average Bonchev–Trinajstić information content (AvgIpc) is 3.40. The van der Waals surface area contributed by atoms with Crippen LogP contribution in [0.4, 0.5) is 0 Å². The van der Waals surface area contributed by atoms with Gasteiger partial charge in [-0.25, -0.2) is 0 Å². The number of carbonyl (C=O) groups is 2. The van der Waals surface area contributed by atoms with E-state index in [0.717, 1.165) is 19.4 Å². The zero-order chi connectivity index (χ0) is 21.1. The standard InChI is InChI=1S/C20H28N6O4/c1-3-26-9-4-16(22-26)20(28)25-12-15(13-25)18-21-17(23-30-18)5-8-24(2)19(27)14-6-10-29-11-7-14/h4,9,14-15H,3,5-8,10-13H2,1-2H3. The lowest BCUT2D eigenvalue weighted by Crippen LogP contribution is -2.48. The molecule has 0 aliphatic carbocycles. The van der Waals surface area contributed by atoms with Crippen molar-refractivity contribution in [3.8, 4) is 0 Å². The van der Waals surface area contributed by atoms with Crippen LogP contribution in [0.5, 0.6) is 0 Å². The van der Waals surface area contributed by atoms with Gasteiger partial charge >= 0.3 is 0 Å². The predicted octanol–water partition coefficient (Wildman–Crippen LogP) is 0.953.